The van der Waals surface area contributed by atoms with Crippen molar-refractivity contribution in [3.8, 4) is 0 Å². The van der Waals surface area contributed by atoms with E-state index >= 15 is 0 Å². The van der Waals surface area contributed by atoms with Gasteiger partial charge in [-0.15, -0.1) is 11.3 Å². The summed E-state index contributed by atoms with van der Waals surface area (Å²) in [6.45, 7) is 4.05. The largest absolute Gasteiger partial charge is 0.312 e. The van der Waals surface area contributed by atoms with Gasteiger partial charge in [0.05, 0.1) is 12.1 Å². The Kier molecular flexibility index (Phi) is 4.87. The van der Waals surface area contributed by atoms with Crippen LogP contribution in [-0.2, 0) is 11.2 Å². The van der Waals surface area contributed by atoms with Crippen LogP contribution in [0, 0.1) is 6.92 Å². The van der Waals surface area contributed by atoms with Crippen LogP contribution in [0.4, 0.5) is 5.13 Å². The van der Waals surface area contributed by atoms with Crippen molar-refractivity contribution in [2.24, 2.45) is 0 Å². The molecule has 1 aromatic carbocycles. The summed E-state index contributed by atoms with van der Waals surface area (Å²) >= 11 is 1.45. The van der Waals surface area contributed by atoms with Crippen molar-refractivity contribution in [3.63, 3.8) is 0 Å². The molecule has 0 aliphatic rings. The Hall–Kier alpha value is -1.72. The fourth-order valence-electron chi connectivity index (χ4n) is 1.84. The molecule has 0 saturated carbocycles. The summed E-state index contributed by atoms with van der Waals surface area (Å²) in [5.74, 6) is -0.0303. The van der Waals surface area contributed by atoms with Gasteiger partial charge in [-0.3, -0.25) is 4.79 Å². The number of aromatic nitrogens is 1. The van der Waals surface area contributed by atoms with Crippen molar-refractivity contribution in [1.29, 1.82) is 0 Å². The summed E-state index contributed by atoms with van der Waals surface area (Å²) in [5.41, 5.74) is 3.13. The number of rotatable bonds is 5. The number of nitrogens with one attached hydrogen (secondary N) is 2. The predicted octanol–water partition coefficient (Wildman–Crippen LogP) is 2.91. The minimum Gasteiger partial charge on any atom is -0.312 e. The molecule has 0 spiro atoms. The van der Waals surface area contributed by atoms with Crippen molar-refractivity contribution < 1.29 is 4.79 Å². The van der Waals surface area contributed by atoms with Gasteiger partial charge in [0.2, 0.25) is 5.91 Å². The molecule has 2 N–H and O–H groups in total. The molecule has 0 aliphatic carbocycles. The SMILES string of the molecule is CNC(C)c1csc(NC(=O)Cc2ccccc2C)n1. The number of anilines is 1. The molecule has 5 heteroatoms. The van der Waals surface area contributed by atoms with E-state index in [1.807, 2.05) is 50.5 Å². The maximum atomic E-state index is 12.0. The third-order valence-corrected chi connectivity index (χ3v) is 4.03. The van der Waals surface area contributed by atoms with Crippen LogP contribution in [0.25, 0.3) is 0 Å². The highest BCUT2D eigenvalue weighted by atomic mass is 32.1. The molecule has 0 aliphatic heterocycles. The molecule has 0 fully saturated rings. The number of thiazole rings is 1. The van der Waals surface area contributed by atoms with Crippen LogP contribution in [0.3, 0.4) is 0 Å². The molecular formula is C15H19N3OS. The van der Waals surface area contributed by atoms with Crippen LogP contribution >= 0.6 is 11.3 Å². The van der Waals surface area contributed by atoms with Gasteiger partial charge in [0, 0.05) is 11.4 Å². The van der Waals surface area contributed by atoms with Crippen LogP contribution in [0.2, 0.25) is 0 Å². The highest BCUT2D eigenvalue weighted by molar-refractivity contribution is 7.13. The van der Waals surface area contributed by atoms with Gasteiger partial charge in [-0.05, 0) is 32.0 Å². The number of carbonyl (C=O) groups excluding carboxylic acids is 1. The average molecular weight is 289 g/mol. The lowest BCUT2D eigenvalue weighted by atomic mass is 10.1. The Labute approximate surface area is 123 Å². The quantitative estimate of drug-likeness (QED) is 0.890. The average Bonchev–Trinajstić information content (AvgIpc) is 2.89. The minimum absolute atomic E-state index is 0.0303. The second kappa shape index (κ2) is 6.63. The fraction of sp³-hybridized carbons (Fsp3) is 0.333. The number of nitrogens with zero attached hydrogens (tertiary/aromatic N) is 1. The number of aryl methyl sites for hydroxylation is 1. The Balaban J connectivity index is 1.98. The lowest BCUT2D eigenvalue weighted by Crippen LogP contribution is -2.16. The monoisotopic (exact) mass is 289 g/mol. The van der Waals surface area contributed by atoms with Crippen molar-refractivity contribution >= 4 is 22.4 Å². The first kappa shape index (κ1) is 14.7. The van der Waals surface area contributed by atoms with E-state index < -0.39 is 0 Å². The van der Waals surface area contributed by atoms with E-state index in [4.69, 9.17) is 0 Å². The Morgan fingerprint density at radius 3 is 2.85 bits per heavy atom. The zero-order valence-electron chi connectivity index (χ0n) is 11.9. The molecule has 20 heavy (non-hydrogen) atoms. The standard InChI is InChI=1S/C15H19N3OS/c1-10-6-4-5-7-12(10)8-14(19)18-15-17-13(9-20-15)11(2)16-3/h4-7,9,11,16H,8H2,1-3H3,(H,17,18,19). The van der Waals surface area contributed by atoms with E-state index in [0.717, 1.165) is 16.8 Å². The summed E-state index contributed by atoms with van der Waals surface area (Å²) in [7, 11) is 1.89. The van der Waals surface area contributed by atoms with Gasteiger partial charge in [0.1, 0.15) is 0 Å². The molecule has 2 rings (SSSR count). The molecular weight excluding hydrogens is 270 g/mol. The molecule has 0 bridgehead atoms. The Bertz CT molecular complexity index is 594. The van der Waals surface area contributed by atoms with Crippen molar-refractivity contribution in [2.75, 3.05) is 12.4 Å². The second-order valence-electron chi connectivity index (χ2n) is 4.74. The molecule has 1 heterocycles. The van der Waals surface area contributed by atoms with Crippen LogP contribution in [0.1, 0.15) is 29.8 Å². The molecule has 1 atom stereocenters. The fourth-order valence-corrected chi connectivity index (χ4v) is 2.66. The molecule has 1 amide bonds. The molecule has 106 valence electrons. The summed E-state index contributed by atoms with van der Waals surface area (Å²) in [6.07, 6.45) is 0.378. The maximum absolute atomic E-state index is 12.0. The minimum atomic E-state index is -0.0303. The van der Waals surface area contributed by atoms with Crippen LogP contribution in [0.5, 0.6) is 0 Å². The third-order valence-electron chi connectivity index (χ3n) is 3.26. The zero-order valence-corrected chi connectivity index (χ0v) is 12.8. The number of amides is 1. The summed E-state index contributed by atoms with van der Waals surface area (Å²) in [4.78, 5) is 16.4. The summed E-state index contributed by atoms with van der Waals surface area (Å²) in [5, 5.41) is 8.60. The molecule has 1 aromatic heterocycles. The maximum Gasteiger partial charge on any atom is 0.230 e. The molecule has 4 nitrogen and oxygen atoms in total. The van der Waals surface area contributed by atoms with E-state index in [-0.39, 0.29) is 11.9 Å². The topological polar surface area (TPSA) is 54.0 Å². The van der Waals surface area contributed by atoms with Crippen molar-refractivity contribution in [2.45, 2.75) is 26.3 Å². The first-order valence-electron chi connectivity index (χ1n) is 6.57. The predicted molar refractivity (Wildman–Crippen MR) is 83.1 cm³/mol. The Morgan fingerprint density at radius 1 is 1.40 bits per heavy atom. The van der Waals surface area contributed by atoms with Crippen molar-refractivity contribution in [3.05, 3.63) is 46.5 Å². The van der Waals surface area contributed by atoms with Gasteiger partial charge in [-0.2, -0.15) is 0 Å². The normalized spacial score (nSPS) is 12.2. The van der Waals surface area contributed by atoms with E-state index in [9.17, 15) is 4.79 Å². The van der Waals surface area contributed by atoms with Crippen LogP contribution < -0.4 is 10.6 Å². The number of benzene rings is 1. The van der Waals surface area contributed by atoms with Gasteiger partial charge < -0.3 is 10.6 Å². The van der Waals surface area contributed by atoms with E-state index in [2.05, 4.69) is 15.6 Å². The lowest BCUT2D eigenvalue weighted by molar-refractivity contribution is -0.115. The summed E-state index contributed by atoms with van der Waals surface area (Å²) in [6, 6.07) is 8.10. The third kappa shape index (κ3) is 3.65. The van der Waals surface area contributed by atoms with Crippen LogP contribution in [0.15, 0.2) is 29.6 Å². The molecule has 0 saturated heterocycles. The number of carbonyl (C=O) groups is 1. The van der Waals surface area contributed by atoms with Gasteiger partial charge in [0.15, 0.2) is 5.13 Å². The zero-order chi connectivity index (χ0) is 14.5. The van der Waals surface area contributed by atoms with Crippen molar-refractivity contribution in [1.82, 2.24) is 10.3 Å². The van der Waals surface area contributed by atoms with Gasteiger partial charge >= 0.3 is 0 Å². The highest BCUT2D eigenvalue weighted by Gasteiger charge is 2.11. The molecule has 1 unspecified atom stereocenters. The first-order valence-corrected chi connectivity index (χ1v) is 7.45. The van der Waals surface area contributed by atoms with E-state index in [1.54, 1.807) is 0 Å². The Morgan fingerprint density at radius 2 is 2.15 bits per heavy atom. The van der Waals surface area contributed by atoms with Crippen LogP contribution in [-0.4, -0.2) is 17.9 Å². The van der Waals surface area contributed by atoms with Gasteiger partial charge in [0.25, 0.3) is 0 Å². The summed E-state index contributed by atoms with van der Waals surface area (Å²) < 4.78 is 0. The number of hydrogen-bond acceptors (Lipinski definition) is 4. The first-order chi connectivity index (χ1) is 9.60. The second-order valence-corrected chi connectivity index (χ2v) is 5.60. The highest BCUT2D eigenvalue weighted by Crippen LogP contribution is 2.20. The molecule has 2 aromatic rings. The number of hydrogen-bond donors (Lipinski definition) is 2. The van der Waals surface area contributed by atoms with Gasteiger partial charge in [-0.1, -0.05) is 24.3 Å². The van der Waals surface area contributed by atoms with Gasteiger partial charge in [-0.25, -0.2) is 4.98 Å². The molecule has 0 radical (unpaired) electrons. The smallest absolute Gasteiger partial charge is 0.230 e. The lowest BCUT2D eigenvalue weighted by Gasteiger charge is -2.06. The van der Waals surface area contributed by atoms with E-state index in [0.29, 0.717) is 11.6 Å². The van der Waals surface area contributed by atoms with E-state index in [1.165, 1.54) is 11.3 Å².